The van der Waals surface area contributed by atoms with Crippen molar-refractivity contribution in [2.45, 2.75) is 0 Å². The minimum absolute atomic E-state index is 0.151. The van der Waals surface area contributed by atoms with E-state index >= 15 is 0 Å². The Morgan fingerprint density at radius 2 is 1.75 bits per heavy atom. The van der Waals surface area contributed by atoms with Crippen LogP contribution in [-0.4, -0.2) is 24.0 Å². The van der Waals surface area contributed by atoms with E-state index in [9.17, 15) is 9.59 Å². The van der Waals surface area contributed by atoms with Gasteiger partial charge in [-0.05, 0) is 77.3 Å². The van der Waals surface area contributed by atoms with Crippen LogP contribution in [0.25, 0.3) is 0 Å². The highest BCUT2D eigenvalue weighted by Crippen LogP contribution is 2.21. The van der Waals surface area contributed by atoms with Crippen molar-refractivity contribution in [2.75, 3.05) is 12.4 Å². The molecular weight excluding hydrogens is 441 g/mol. The molecule has 8 heteroatoms. The van der Waals surface area contributed by atoms with E-state index in [1.807, 2.05) is 0 Å². The highest BCUT2D eigenvalue weighted by atomic mass is 127. The number of carbonyl (C=O) groups is 2. The maximum Gasteiger partial charge on any atom is 0.257 e. The molecule has 0 unspecified atom stereocenters. The normalized spacial score (nSPS) is 9.92. The van der Waals surface area contributed by atoms with E-state index in [4.69, 9.17) is 22.7 Å². The summed E-state index contributed by atoms with van der Waals surface area (Å²) >= 11 is 7.21. The Hall–Kier alpha value is -2.20. The first-order valence-corrected chi connectivity index (χ1v) is 8.25. The molecule has 0 saturated heterocycles. The summed E-state index contributed by atoms with van der Waals surface area (Å²) in [4.78, 5) is 23.2. The van der Waals surface area contributed by atoms with Gasteiger partial charge < -0.3 is 15.8 Å². The number of amides is 2. The molecule has 0 radical (unpaired) electrons. The van der Waals surface area contributed by atoms with Crippen LogP contribution in [0.2, 0.25) is 0 Å². The number of methoxy groups -OCH3 is 1. The Kier molecular flexibility index (Phi) is 6.10. The number of rotatable bonds is 4. The van der Waals surface area contributed by atoms with Gasteiger partial charge in [0.1, 0.15) is 5.75 Å². The van der Waals surface area contributed by atoms with Gasteiger partial charge in [0, 0.05) is 16.8 Å². The van der Waals surface area contributed by atoms with Gasteiger partial charge in [-0.15, -0.1) is 0 Å². The molecule has 0 aliphatic rings. The summed E-state index contributed by atoms with van der Waals surface area (Å²) in [5.41, 5.74) is 6.67. The van der Waals surface area contributed by atoms with Crippen LogP contribution in [-0.2, 0) is 0 Å². The van der Waals surface area contributed by atoms with Gasteiger partial charge in [0.15, 0.2) is 5.11 Å². The molecule has 0 fully saturated rings. The summed E-state index contributed by atoms with van der Waals surface area (Å²) in [5, 5.41) is 5.61. The van der Waals surface area contributed by atoms with E-state index in [0.717, 1.165) is 3.57 Å². The summed E-state index contributed by atoms with van der Waals surface area (Å²) in [6.07, 6.45) is 0. The van der Waals surface area contributed by atoms with E-state index in [-0.39, 0.29) is 11.0 Å². The molecule has 2 aromatic carbocycles. The van der Waals surface area contributed by atoms with Crippen molar-refractivity contribution in [3.63, 3.8) is 0 Å². The molecule has 0 atom stereocenters. The number of hydrogen-bond acceptors (Lipinski definition) is 4. The van der Waals surface area contributed by atoms with Crippen LogP contribution in [0.15, 0.2) is 42.5 Å². The van der Waals surface area contributed by atoms with E-state index in [1.165, 1.54) is 0 Å². The Bertz CT molecular complexity index is 794. The first-order chi connectivity index (χ1) is 11.4. The molecule has 2 aromatic rings. The predicted octanol–water partition coefficient (Wildman–Crippen LogP) is 2.53. The number of halogens is 1. The number of anilines is 1. The van der Waals surface area contributed by atoms with Crippen molar-refractivity contribution in [1.82, 2.24) is 5.32 Å². The van der Waals surface area contributed by atoms with Gasteiger partial charge in [0.05, 0.1) is 10.7 Å². The fourth-order valence-electron chi connectivity index (χ4n) is 1.86. The number of nitrogens with one attached hydrogen (secondary N) is 2. The van der Waals surface area contributed by atoms with Gasteiger partial charge in [0.25, 0.3) is 5.91 Å². The Morgan fingerprint density at radius 1 is 1.12 bits per heavy atom. The number of nitrogens with two attached hydrogens (primary N) is 1. The summed E-state index contributed by atoms with van der Waals surface area (Å²) in [6.45, 7) is 0. The number of ether oxygens (including phenoxy) is 1. The number of thiocarbonyl (C=S) groups is 1. The summed E-state index contributed by atoms with van der Waals surface area (Å²) in [5.74, 6) is -0.143. The predicted molar refractivity (Wildman–Crippen MR) is 104 cm³/mol. The molecule has 0 saturated carbocycles. The van der Waals surface area contributed by atoms with Crippen molar-refractivity contribution in [3.05, 3.63) is 57.2 Å². The van der Waals surface area contributed by atoms with Crippen LogP contribution in [0.3, 0.4) is 0 Å². The third-order valence-corrected chi connectivity index (χ3v) is 4.12. The Balaban J connectivity index is 2.00. The van der Waals surface area contributed by atoms with E-state index in [0.29, 0.717) is 22.6 Å². The lowest BCUT2D eigenvalue weighted by Gasteiger charge is -2.11. The maximum atomic E-state index is 12.2. The number of benzene rings is 2. The van der Waals surface area contributed by atoms with Gasteiger partial charge in [-0.25, -0.2) is 0 Å². The van der Waals surface area contributed by atoms with E-state index < -0.39 is 5.91 Å². The smallest absolute Gasteiger partial charge is 0.257 e. The SMILES string of the molecule is COc1ccc(C(=O)NC(=S)Nc2ccc(C(N)=O)cc2)cc1I. The maximum absolute atomic E-state index is 12.2. The van der Waals surface area contributed by atoms with Crippen LogP contribution in [0.4, 0.5) is 5.69 Å². The van der Waals surface area contributed by atoms with Crippen molar-refractivity contribution in [2.24, 2.45) is 5.73 Å². The minimum Gasteiger partial charge on any atom is -0.496 e. The largest absolute Gasteiger partial charge is 0.496 e. The van der Waals surface area contributed by atoms with Gasteiger partial charge in [-0.2, -0.15) is 0 Å². The Morgan fingerprint density at radius 3 is 2.29 bits per heavy atom. The summed E-state index contributed by atoms with van der Waals surface area (Å²) < 4.78 is 5.98. The molecule has 2 rings (SSSR count). The second-order valence-corrected chi connectivity index (χ2v) is 6.27. The standard InChI is InChI=1S/C16H14IN3O3S/c1-23-13-7-4-10(8-12(13)17)15(22)20-16(24)19-11-5-2-9(3-6-11)14(18)21/h2-8H,1H3,(H2,18,21)(H2,19,20,22,24). The zero-order valence-corrected chi connectivity index (χ0v) is 15.6. The molecule has 0 aromatic heterocycles. The van der Waals surface area contributed by atoms with Crippen molar-refractivity contribution >= 4 is 57.4 Å². The fraction of sp³-hybridized carbons (Fsp3) is 0.0625. The van der Waals surface area contributed by atoms with Gasteiger partial charge in [-0.1, -0.05) is 0 Å². The van der Waals surface area contributed by atoms with Crippen LogP contribution in [0, 0.1) is 3.57 Å². The number of primary amides is 1. The molecule has 24 heavy (non-hydrogen) atoms. The van der Waals surface area contributed by atoms with Crippen LogP contribution in [0.5, 0.6) is 5.75 Å². The molecule has 0 spiro atoms. The highest BCUT2D eigenvalue weighted by Gasteiger charge is 2.11. The van der Waals surface area contributed by atoms with E-state index in [2.05, 4.69) is 33.2 Å². The molecule has 4 N–H and O–H groups in total. The van der Waals surface area contributed by atoms with Crippen LogP contribution in [0.1, 0.15) is 20.7 Å². The zero-order chi connectivity index (χ0) is 17.7. The van der Waals surface area contributed by atoms with Gasteiger partial charge in [-0.3, -0.25) is 14.9 Å². The van der Waals surface area contributed by atoms with Crippen LogP contribution < -0.4 is 21.1 Å². The molecule has 6 nitrogen and oxygen atoms in total. The average molecular weight is 455 g/mol. The molecular formula is C16H14IN3O3S. The first kappa shape index (κ1) is 18.1. The molecule has 0 aliphatic heterocycles. The van der Waals surface area contributed by atoms with Crippen molar-refractivity contribution in [3.8, 4) is 5.75 Å². The van der Waals surface area contributed by atoms with Gasteiger partial charge in [0.2, 0.25) is 5.91 Å². The lowest BCUT2D eigenvalue weighted by atomic mass is 10.2. The van der Waals surface area contributed by atoms with Crippen molar-refractivity contribution < 1.29 is 14.3 Å². The average Bonchev–Trinajstić information content (AvgIpc) is 2.55. The number of carbonyl (C=O) groups excluding carboxylic acids is 2. The summed E-state index contributed by atoms with van der Waals surface area (Å²) in [6, 6.07) is 11.5. The quantitative estimate of drug-likeness (QED) is 0.487. The molecule has 124 valence electrons. The second-order valence-electron chi connectivity index (χ2n) is 4.70. The topological polar surface area (TPSA) is 93.4 Å². The monoisotopic (exact) mass is 455 g/mol. The molecule has 0 aliphatic carbocycles. The molecule has 0 bridgehead atoms. The van der Waals surface area contributed by atoms with Crippen molar-refractivity contribution in [1.29, 1.82) is 0 Å². The lowest BCUT2D eigenvalue weighted by Crippen LogP contribution is -2.34. The summed E-state index contributed by atoms with van der Waals surface area (Å²) in [7, 11) is 1.57. The second kappa shape index (κ2) is 8.06. The third-order valence-electron chi connectivity index (χ3n) is 3.07. The zero-order valence-electron chi connectivity index (χ0n) is 12.6. The highest BCUT2D eigenvalue weighted by molar-refractivity contribution is 14.1. The Labute approximate surface area is 157 Å². The number of hydrogen-bond donors (Lipinski definition) is 3. The minimum atomic E-state index is -0.508. The lowest BCUT2D eigenvalue weighted by molar-refractivity contribution is 0.0975. The van der Waals surface area contributed by atoms with Gasteiger partial charge >= 0.3 is 0 Å². The fourth-order valence-corrected chi connectivity index (χ4v) is 2.81. The van der Waals surface area contributed by atoms with E-state index in [1.54, 1.807) is 49.6 Å². The third kappa shape index (κ3) is 4.65. The van der Waals surface area contributed by atoms with Crippen LogP contribution >= 0.6 is 34.8 Å². The molecule has 2 amide bonds. The first-order valence-electron chi connectivity index (χ1n) is 6.76. The molecule has 0 heterocycles.